The number of ether oxygens (including phenoxy) is 1. The molecule has 1 heterocycles. The monoisotopic (exact) mass is 437 g/mol. The maximum absolute atomic E-state index is 12.3. The van der Waals surface area contributed by atoms with Gasteiger partial charge in [0.25, 0.3) is 15.9 Å². The van der Waals surface area contributed by atoms with E-state index in [1.165, 1.54) is 41.8 Å². The van der Waals surface area contributed by atoms with E-state index in [9.17, 15) is 13.2 Å². The third-order valence-electron chi connectivity index (χ3n) is 3.60. The van der Waals surface area contributed by atoms with Crippen LogP contribution in [0.1, 0.15) is 6.92 Å². The highest BCUT2D eigenvalue weighted by Gasteiger charge is 2.18. The van der Waals surface area contributed by atoms with Crippen molar-refractivity contribution in [2.24, 2.45) is 0 Å². The number of benzene rings is 2. The third kappa shape index (κ3) is 5.00. The summed E-state index contributed by atoms with van der Waals surface area (Å²) < 4.78 is 32.6. The average Bonchev–Trinajstić information content (AvgIpc) is 3.16. The highest BCUT2D eigenvalue weighted by Crippen LogP contribution is 2.25. The van der Waals surface area contributed by atoms with Gasteiger partial charge in [-0.1, -0.05) is 23.7 Å². The van der Waals surface area contributed by atoms with E-state index >= 15 is 0 Å². The zero-order chi connectivity index (χ0) is 20.1. The first-order valence-corrected chi connectivity index (χ1v) is 10.8. The summed E-state index contributed by atoms with van der Waals surface area (Å²) in [6.45, 7) is 1.59. The van der Waals surface area contributed by atoms with Crippen molar-refractivity contribution in [3.8, 4) is 5.75 Å². The lowest BCUT2D eigenvalue weighted by Crippen LogP contribution is -2.30. The highest BCUT2D eigenvalue weighted by atomic mass is 35.5. The van der Waals surface area contributed by atoms with Gasteiger partial charge in [0.05, 0.1) is 9.92 Å². The largest absolute Gasteiger partial charge is 0.479 e. The zero-order valence-corrected chi connectivity index (χ0v) is 17.0. The Bertz CT molecular complexity index is 1050. The lowest BCUT2D eigenvalue weighted by atomic mass is 10.3. The Labute approximate surface area is 171 Å². The SMILES string of the molecule is C[C@@H](Oc1ccccc1Cl)C(=O)Nc1ccc(S(=O)(=O)Nc2nccs2)cc1. The summed E-state index contributed by atoms with van der Waals surface area (Å²) in [4.78, 5) is 16.3. The normalized spacial score (nSPS) is 12.2. The van der Waals surface area contributed by atoms with Crippen LogP contribution >= 0.6 is 22.9 Å². The molecule has 2 N–H and O–H groups in total. The molecule has 0 saturated carbocycles. The zero-order valence-electron chi connectivity index (χ0n) is 14.6. The van der Waals surface area contributed by atoms with Crippen molar-refractivity contribution in [2.75, 3.05) is 10.0 Å². The number of hydrogen-bond donors (Lipinski definition) is 2. The average molecular weight is 438 g/mol. The molecule has 1 atom stereocenters. The third-order valence-corrected chi connectivity index (χ3v) is 6.08. The van der Waals surface area contributed by atoms with Gasteiger partial charge in [-0.2, -0.15) is 0 Å². The summed E-state index contributed by atoms with van der Waals surface area (Å²) >= 11 is 7.20. The second kappa shape index (κ2) is 8.59. The van der Waals surface area contributed by atoms with Crippen LogP contribution in [0.3, 0.4) is 0 Å². The lowest BCUT2D eigenvalue weighted by molar-refractivity contribution is -0.122. The van der Waals surface area contributed by atoms with Gasteiger partial charge in [0.15, 0.2) is 11.2 Å². The van der Waals surface area contributed by atoms with Gasteiger partial charge in [-0.25, -0.2) is 13.4 Å². The molecule has 0 bridgehead atoms. The fraction of sp³-hybridized carbons (Fsp3) is 0.111. The predicted octanol–water partition coefficient (Wildman–Crippen LogP) is 4.00. The van der Waals surface area contributed by atoms with E-state index in [2.05, 4.69) is 15.0 Å². The fourth-order valence-electron chi connectivity index (χ4n) is 2.19. The number of nitrogens with one attached hydrogen (secondary N) is 2. The second-order valence-electron chi connectivity index (χ2n) is 5.65. The molecule has 0 unspecified atom stereocenters. The van der Waals surface area contributed by atoms with Crippen LogP contribution < -0.4 is 14.8 Å². The van der Waals surface area contributed by atoms with Gasteiger partial charge in [-0.05, 0) is 43.3 Å². The number of halogens is 1. The number of thiazole rings is 1. The van der Waals surface area contributed by atoms with Crippen molar-refractivity contribution >= 4 is 49.7 Å². The first-order chi connectivity index (χ1) is 13.3. The number of amides is 1. The molecule has 2 aromatic carbocycles. The van der Waals surface area contributed by atoms with E-state index in [-0.39, 0.29) is 10.0 Å². The molecule has 10 heteroatoms. The number of carbonyl (C=O) groups is 1. The highest BCUT2D eigenvalue weighted by molar-refractivity contribution is 7.93. The molecule has 3 aromatic rings. The van der Waals surface area contributed by atoms with Crippen molar-refractivity contribution in [1.82, 2.24) is 4.98 Å². The smallest absolute Gasteiger partial charge is 0.265 e. The molecular weight excluding hydrogens is 422 g/mol. The van der Waals surface area contributed by atoms with Crippen LogP contribution in [0.4, 0.5) is 10.8 Å². The molecule has 0 radical (unpaired) electrons. The number of rotatable bonds is 7. The van der Waals surface area contributed by atoms with Crippen molar-refractivity contribution in [3.63, 3.8) is 0 Å². The quantitative estimate of drug-likeness (QED) is 0.582. The van der Waals surface area contributed by atoms with E-state index < -0.39 is 22.0 Å². The number of anilines is 2. The molecule has 1 aromatic heterocycles. The Balaban J connectivity index is 1.63. The summed E-state index contributed by atoms with van der Waals surface area (Å²) in [5, 5.41) is 5.03. The summed E-state index contributed by atoms with van der Waals surface area (Å²) in [7, 11) is -3.74. The molecule has 28 heavy (non-hydrogen) atoms. The molecule has 0 aliphatic heterocycles. The van der Waals surface area contributed by atoms with E-state index in [1.54, 1.807) is 36.6 Å². The molecule has 0 saturated heterocycles. The van der Waals surface area contributed by atoms with E-state index in [0.717, 1.165) is 0 Å². The Morgan fingerprint density at radius 3 is 2.54 bits per heavy atom. The van der Waals surface area contributed by atoms with Crippen LogP contribution in [0.25, 0.3) is 0 Å². The molecule has 7 nitrogen and oxygen atoms in total. The molecule has 0 fully saturated rings. The molecule has 146 valence electrons. The van der Waals surface area contributed by atoms with Crippen molar-refractivity contribution in [2.45, 2.75) is 17.9 Å². The fourth-order valence-corrected chi connectivity index (χ4v) is 4.16. The minimum atomic E-state index is -3.74. The van der Waals surface area contributed by atoms with Crippen LogP contribution in [0.2, 0.25) is 5.02 Å². The predicted molar refractivity (Wildman–Crippen MR) is 110 cm³/mol. The summed E-state index contributed by atoms with van der Waals surface area (Å²) in [6.07, 6.45) is 0.711. The van der Waals surface area contributed by atoms with Crippen molar-refractivity contribution in [3.05, 3.63) is 65.1 Å². The van der Waals surface area contributed by atoms with Gasteiger partial charge in [0, 0.05) is 17.3 Å². The van der Waals surface area contributed by atoms with E-state index in [0.29, 0.717) is 16.5 Å². The number of aromatic nitrogens is 1. The number of hydrogen-bond acceptors (Lipinski definition) is 6. The number of para-hydroxylation sites is 1. The Morgan fingerprint density at radius 1 is 1.18 bits per heavy atom. The first-order valence-electron chi connectivity index (χ1n) is 8.09. The van der Waals surface area contributed by atoms with Gasteiger partial charge < -0.3 is 10.1 Å². The maximum Gasteiger partial charge on any atom is 0.265 e. The number of carbonyl (C=O) groups excluding carboxylic acids is 1. The van der Waals surface area contributed by atoms with Gasteiger partial charge in [-0.3, -0.25) is 9.52 Å². The maximum atomic E-state index is 12.3. The second-order valence-corrected chi connectivity index (χ2v) is 8.63. The van der Waals surface area contributed by atoms with Crippen molar-refractivity contribution in [1.29, 1.82) is 0 Å². The Hall–Kier alpha value is -2.62. The molecule has 3 rings (SSSR count). The molecular formula is C18H16ClN3O4S2. The summed E-state index contributed by atoms with van der Waals surface area (Å²) in [6, 6.07) is 12.6. The van der Waals surface area contributed by atoms with Gasteiger partial charge in [0.1, 0.15) is 5.75 Å². The Morgan fingerprint density at radius 2 is 1.89 bits per heavy atom. The topological polar surface area (TPSA) is 97.4 Å². The standard InChI is InChI=1S/C18H16ClN3O4S2/c1-12(26-16-5-3-2-4-15(16)19)17(23)21-13-6-8-14(9-7-13)28(24,25)22-18-20-10-11-27-18/h2-12H,1H3,(H,20,22)(H,21,23)/t12-/m1/s1. The summed E-state index contributed by atoms with van der Waals surface area (Å²) in [5.41, 5.74) is 0.438. The number of nitrogens with zero attached hydrogens (tertiary/aromatic N) is 1. The van der Waals surface area contributed by atoms with Crippen LogP contribution in [0, 0.1) is 0 Å². The van der Waals surface area contributed by atoms with Gasteiger partial charge >= 0.3 is 0 Å². The molecule has 0 spiro atoms. The molecule has 0 aliphatic carbocycles. The Kier molecular flexibility index (Phi) is 6.18. The lowest BCUT2D eigenvalue weighted by Gasteiger charge is -2.15. The van der Waals surface area contributed by atoms with Gasteiger partial charge in [-0.15, -0.1) is 11.3 Å². The van der Waals surface area contributed by atoms with Crippen LogP contribution in [0.5, 0.6) is 5.75 Å². The molecule has 1 amide bonds. The van der Waals surface area contributed by atoms with E-state index in [4.69, 9.17) is 16.3 Å². The van der Waals surface area contributed by atoms with Crippen molar-refractivity contribution < 1.29 is 17.9 Å². The first kappa shape index (κ1) is 20.1. The molecule has 0 aliphatic rings. The minimum Gasteiger partial charge on any atom is -0.479 e. The summed E-state index contributed by atoms with van der Waals surface area (Å²) in [5.74, 6) is 0.0120. The van der Waals surface area contributed by atoms with Crippen LogP contribution in [-0.2, 0) is 14.8 Å². The minimum absolute atomic E-state index is 0.0565. The number of sulfonamides is 1. The van der Waals surface area contributed by atoms with E-state index in [1.807, 2.05) is 0 Å². The van der Waals surface area contributed by atoms with Crippen LogP contribution in [-0.4, -0.2) is 25.4 Å². The van der Waals surface area contributed by atoms with Crippen LogP contribution in [0.15, 0.2) is 65.0 Å². The van der Waals surface area contributed by atoms with Gasteiger partial charge in [0.2, 0.25) is 0 Å².